The molecule has 1 aliphatic rings. The van der Waals surface area contributed by atoms with Gasteiger partial charge in [0.1, 0.15) is 11.9 Å². The summed E-state index contributed by atoms with van der Waals surface area (Å²) in [4.78, 5) is 10.3. The summed E-state index contributed by atoms with van der Waals surface area (Å²) in [6.45, 7) is 0. The number of halogens is 1. The van der Waals surface area contributed by atoms with Crippen molar-refractivity contribution < 1.29 is 18.8 Å². The van der Waals surface area contributed by atoms with Gasteiger partial charge in [-0.2, -0.15) is 0 Å². The second-order valence-electron chi connectivity index (χ2n) is 2.78. The van der Waals surface area contributed by atoms with Gasteiger partial charge in [-0.15, -0.1) is 0 Å². The summed E-state index contributed by atoms with van der Waals surface area (Å²) in [5.41, 5.74) is -0.163. The molecular weight excluding hydrogens is 165 g/mol. The number of hydrogen-bond donors (Lipinski definition) is 1. The largest absolute Gasteiger partial charge is 0.476 e. The van der Waals surface area contributed by atoms with Crippen molar-refractivity contribution in [2.75, 3.05) is 0 Å². The molecule has 2 atom stereocenters. The number of alkyl halides is 1. The van der Waals surface area contributed by atoms with Crippen LogP contribution in [0.25, 0.3) is 0 Å². The van der Waals surface area contributed by atoms with E-state index in [1.165, 1.54) is 6.07 Å². The van der Waals surface area contributed by atoms with Crippen molar-refractivity contribution in [3.05, 3.63) is 17.5 Å². The molecule has 1 aromatic rings. The zero-order valence-corrected chi connectivity index (χ0v) is 6.03. The van der Waals surface area contributed by atoms with E-state index in [9.17, 15) is 9.18 Å². The first-order chi connectivity index (χ1) is 5.68. The number of hydrogen-bond acceptors (Lipinski definition) is 3. The number of aromatic nitrogens is 1. The van der Waals surface area contributed by atoms with E-state index in [4.69, 9.17) is 5.11 Å². The minimum Gasteiger partial charge on any atom is -0.476 e. The number of carboxylic acids is 1. The predicted molar refractivity (Wildman–Crippen MR) is 35.7 cm³/mol. The Morgan fingerprint density at radius 3 is 2.92 bits per heavy atom. The number of aromatic carboxylic acids is 1. The Labute approximate surface area is 67.0 Å². The first-order valence-corrected chi connectivity index (χ1v) is 3.52. The zero-order valence-electron chi connectivity index (χ0n) is 6.03. The van der Waals surface area contributed by atoms with Crippen LogP contribution in [0.1, 0.15) is 28.6 Å². The van der Waals surface area contributed by atoms with Gasteiger partial charge in [0.25, 0.3) is 0 Å². The molecule has 0 bridgehead atoms. The van der Waals surface area contributed by atoms with E-state index in [0.717, 1.165) is 0 Å². The van der Waals surface area contributed by atoms with Crippen LogP contribution >= 0.6 is 0 Å². The van der Waals surface area contributed by atoms with Gasteiger partial charge in [-0.05, 0) is 6.42 Å². The first-order valence-electron chi connectivity index (χ1n) is 3.52. The molecule has 0 radical (unpaired) electrons. The van der Waals surface area contributed by atoms with Gasteiger partial charge in [0.2, 0.25) is 0 Å². The third-order valence-electron chi connectivity index (χ3n) is 1.83. The van der Waals surface area contributed by atoms with Crippen LogP contribution in [0.2, 0.25) is 0 Å². The van der Waals surface area contributed by atoms with Crippen LogP contribution in [-0.2, 0) is 0 Å². The fourth-order valence-corrected chi connectivity index (χ4v) is 1.02. The van der Waals surface area contributed by atoms with Crippen LogP contribution in [0.4, 0.5) is 4.39 Å². The van der Waals surface area contributed by atoms with Gasteiger partial charge >= 0.3 is 5.97 Å². The normalized spacial score (nSPS) is 27.1. The molecular formula is C7H6FNO3. The zero-order chi connectivity index (χ0) is 8.72. The lowest BCUT2D eigenvalue weighted by Crippen LogP contribution is -1.94. The fourth-order valence-electron chi connectivity index (χ4n) is 1.02. The van der Waals surface area contributed by atoms with Gasteiger partial charge < -0.3 is 9.63 Å². The van der Waals surface area contributed by atoms with Gasteiger partial charge in [0, 0.05) is 6.07 Å². The smallest absolute Gasteiger partial charge is 0.358 e. The quantitative estimate of drug-likeness (QED) is 0.726. The van der Waals surface area contributed by atoms with Crippen molar-refractivity contribution in [1.29, 1.82) is 0 Å². The molecule has 1 aliphatic carbocycles. The first kappa shape index (κ1) is 7.27. The number of carbonyl (C=O) groups is 1. The minimum absolute atomic E-state index is 0.163. The highest BCUT2D eigenvalue weighted by atomic mass is 19.1. The molecule has 0 unspecified atom stereocenters. The van der Waals surface area contributed by atoms with Crippen molar-refractivity contribution in [2.45, 2.75) is 18.5 Å². The average Bonchev–Trinajstić information content (AvgIpc) is 2.59. The van der Waals surface area contributed by atoms with Gasteiger partial charge in [0.05, 0.1) is 5.92 Å². The monoisotopic (exact) mass is 171 g/mol. The molecule has 0 spiro atoms. The molecule has 5 heteroatoms. The van der Waals surface area contributed by atoms with E-state index in [2.05, 4.69) is 9.68 Å². The number of carboxylic acid groups (broad SMARTS) is 1. The highest BCUT2D eigenvalue weighted by Gasteiger charge is 2.42. The van der Waals surface area contributed by atoms with E-state index in [1.54, 1.807) is 0 Å². The van der Waals surface area contributed by atoms with E-state index in [0.29, 0.717) is 12.2 Å². The van der Waals surface area contributed by atoms with Gasteiger partial charge in [-0.1, -0.05) is 5.16 Å². The van der Waals surface area contributed by atoms with Crippen molar-refractivity contribution in [3.63, 3.8) is 0 Å². The van der Waals surface area contributed by atoms with E-state index >= 15 is 0 Å². The summed E-state index contributed by atoms with van der Waals surface area (Å²) >= 11 is 0. The maximum atomic E-state index is 12.4. The molecule has 0 saturated heterocycles. The van der Waals surface area contributed by atoms with Gasteiger partial charge in [-0.3, -0.25) is 0 Å². The highest BCUT2D eigenvalue weighted by molar-refractivity contribution is 5.85. The summed E-state index contributed by atoms with van der Waals surface area (Å²) < 4.78 is 17.1. The molecule has 1 aromatic heterocycles. The highest BCUT2D eigenvalue weighted by Crippen LogP contribution is 2.43. The molecule has 12 heavy (non-hydrogen) atoms. The Bertz CT molecular complexity index is 322. The Morgan fingerprint density at radius 2 is 2.50 bits per heavy atom. The molecule has 1 N–H and O–H groups in total. The molecule has 1 fully saturated rings. The predicted octanol–water partition coefficient (Wildman–Crippen LogP) is 1.20. The Balaban J connectivity index is 2.19. The summed E-state index contributed by atoms with van der Waals surface area (Å²) in [5.74, 6) is -1.09. The lowest BCUT2D eigenvalue weighted by atomic mass is 10.3. The van der Waals surface area contributed by atoms with E-state index in [1.807, 2.05) is 0 Å². The van der Waals surface area contributed by atoms with E-state index in [-0.39, 0.29) is 11.6 Å². The molecule has 0 aliphatic heterocycles. The van der Waals surface area contributed by atoms with Gasteiger partial charge in [0.15, 0.2) is 5.69 Å². The van der Waals surface area contributed by atoms with Crippen LogP contribution in [0, 0.1) is 0 Å². The molecule has 0 amide bonds. The van der Waals surface area contributed by atoms with Crippen LogP contribution in [0.5, 0.6) is 0 Å². The van der Waals surface area contributed by atoms with Crippen LogP contribution in [0.15, 0.2) is 10.6 Å². The number of nitrogens with zero attached hydrogens (tertiary/aromatic N) is 1. The van der Waals surface area contributed by atoms with Crippen LogP contribution in [0.3, 0.4) is 0 Å². The van der Waals surface area contributed by atoms with Crippen LogP contribution in [-0.4, -0.2) is 22.4 Å². The van der Waals surface area contributed by atoms with Gasteiger partial charge in [-0.25, -0.2) is 9.18 Å². The van der Waals surface area contributed by atoms with Crippen molar-refractivity contribution in [1.82, 2.24) is 5.16 Å². The minimum atomic E-state index is -1.15. The molecule has 4 nitrogen and oxygen atoms in total. The fraction of sp³-hybridized carbons (Fsp3) is 0.429. The molecule has 0 aromatic carbocycles. The Morgan fingerprint density at radius 1 is 1.83 bits per heavy atom. The van der Waals surface area contributed by atoms with Crippen molar-refractivity contribution in [3.8, 4) is 0 Å². The number of rotatable bonds is 2. The lowest BCUT2D eigenvalue weighted by molar-refractivity contribution is 0.0685. The maximum absolute atomic E-state index is 12.4. The van der Waals surface area contributed by atoms with E-state index < -0.39 is 12.1 Å². The molecule has 1 saturated carbocycles. The van der Waals surface area contributed by atoms with Crippen molar-refractivity contribution in [2.24, 2.45) is 0 Å². The molecule has 64 valence electrons. The third kappa shape index (κ3) is 1.07. The Hall–Kier alpha value is -1.39. The van der Waals surface area contributed by atoms with Crippen LogP contribution < -0.4 is 0 Å². The summed E-state index contributed by atoms with van der Waals surface area (Å²) in [6.07, 6.45) is -0.478. The third-order valence-corrected chi connectivity index (χ3v) is 1.83. The SMILES string of the molecule is O=C(O)c1cc([C@H]2C[C@@H]2F)on1. The maximum Gasteiger partial charge on any atom is 0.358 e. The topological polar surface area (TPSA) is 63.3 Å². The molecule has 2 rings (SSSR count). The second-order valence-corrected chi connectivity index (χ2v) is 2.78. The second kappa shape index (κ2) is 2.30. The Kier molecular flexibility index (Phi) is 1.39. The standard InChI is InChI=1S/C7H6FNO3/c8-4-1-3(4)6-2-5(7(10)11)9-12-6/h2-4H,1H2,(H,10,11)/t3-,4-/m0/s1. The van der Waals surface area contributed by atoms with Crippen molar-refractivity contribution >= 4 is 5.97 Å². The average molecular weight is 171 g/mol. The molecule has 1 heterocycles. The lowest BCUT2D eigenvalue weighted by Gasteiger charge is -1.82. The summed E-state index contributed by atoms with van der Waals surface area (Å²) in [5, 5.41) is 11.7. The summed E-state index contributed by atoms with van der Waals surface area (Å²) in [7, 11) is 0. The summed E-state index contributed by atoms with van der Waals surface area (Å²) in [6, 6.07) is 1.27.